The molecule has 0 aromatic rings. The zero-order chi connectivity index (χ0) is 11.3. The Morgan fingerprint density at radius 1 is 1.53 bits per heavy atom. The van der Waals surface area contributed by atoms with Crippen molar-refractivity contribution in [1.82, 2.24) is 15.5 Å². The van der Waals surface area contributed by atoms with E-state index < -0.39 is 0 Å². The molecule has 1 saturated heterocycles. The largest absolute Gasteiger partial charge is 0.358 e. The van der Waals surface area contributed by atoms with Crippen LogP contribution in [0.15, 0.2) is 0 Å². The Labute approximate surface area is 92.4 Å². The zero-order valence-electron chi connectivity index (χ0n) is 10.0. The highest BCUT2D eigenvalue weighted by atomic mass is 16.1. The van der Waals surface area contributed by atoms with E-state index in [9.17, 15) is 4.79 Å². The van der Waals surface area contributed by atoms with E-state index in [1.54, 1.807) is 7.05 Å². The van der Waals surface area contributed by atoms with Gasteiger partial charge in [-0.15, -0.1) is 0 Å². The summed E-state index contributed by atoms with van der Waals surface area (Å²) in [6.45, 7) is 7.94. The van der Waals surface area contributed by atoms with Crippen molar-refractivity contribution in [2.45, 2.75) is 26.3 Å². The van der Waals surface area contributed by atoms with Gasteiger partial charge in [-0.2, -0.15) is 0 Å². The molecule has 2 N–H and O–H groups in total. The number of hydrogen-bond acceptors (Lipinski definition) is 3. The van der Waals surface area contributed by atoms with Crippen LogP contribution in [0.3, 0.4) is 0 Å². The molecule has 0 aromatic carbocycles. The minimum atomic E-state index is 0.107. The second-order valence-electron chi connectivity index (χ2n) is 4.39. The van der Waals surface area contributed by atoms with Crippen LogP contribution in [-0.4, -0.2) is 50.1 Å². The number of rotatable bonds is 4. The van der Waals surface area contributed by atoms with Gasteiger partial charge in [0.1, 0.15) is 0 Å². The summed E-state index contributed by atoms with van der Waals surface area (Å²) in [5, 5.41) is 6.10. The first-order chi connectivity index (χ1) is 7.17. The number of carbonyl (C=O) groups is 1. The number of hydrogen-bond donors (Lipinski definition) is 2. The number of carbonyl (C=O) groups excluding carboxylic acids is 1. The van der Waals surface area contributed by atoms with Gasteiger partial charge in [0.05, 0.1) is 6.54 Å². The Balaban J connectivity index is 2.45. The quantitative estimate of drug-likeness (QED) is 0.694. The smallest absolute Gasteiger partial charge is 0.233 e. The van der Waals surface area contributed by atoms with E-state index >= 15 is 0 Å². The molecule has 4 nitrogen and oxygen atoms in total. The molecule has 1 aliphatic heterocycles. The number of nitrogens with one attached hydrogen (secondary N) is 2. The maximum Gasteiger partial charge on any atom is 0.233 e. The van der Waals surface area contributed by atoms with Gasteiger partial charge < -0.3 is 10.6 Å². The third-order valence-corrected chi connectivity index (χ3v) is 3.10. The Kier molecular flexibility index (Phi) is 5.05. The maximum absolute atomic E-state index is 11.3. The van der Waals surface area contributed by atoms with Crippen molar-refractivity contribution in [3.05, 3.63) is 0 Å². The fourth-order valence-corrected chi connectivity index (χ4v) is 2.17. The lowest BCUT2D eigenvalue weighted by molar-refractivity contribution is -0.122. The average molecular weight is 213 g/mol. The van der Waals surface area contributed by atoms with Crippen LogP contribution in [0.5, 0.6) is 0 Å². The summed E-state index contributed by atoms with van der Waals surface area (Å²) >= 11 is 0. The van der Waals surface area contributed by atoms with Crippen LogP contribution in [0.1, 0.15) is 20.3 Å². The van der Waals surface area contributed by atoms with Gasteiger partial charge in [0.2, 0.25) is 5.91 Å². The molecule has 1 heterocycles. The molecule has 2 atom stereocenters. The Hall–Kier alpha value is -0.610. The monoisotopic (exact) mass is 213 g/mol. The predicted octanol–water partition coefficient (Wildman–Crippen LogP) is 0.0523. The summed E-state index contributed by atoms with van der Waals surface area (Å²) in [5.74, 6) is 0.817. The van der Waals surface area contributed by atoms with Crippen molar-refractivity contribution >= 4 is 5.91 Å². The fraction of sp³-hybridized carbons (Fsp3) is 0.909. The van der Waals surface area contributed by atoms with Crippen LogP contribution >= 0.6 is 0 Å². The number of likely N-dealkylation sites (N-methyl/N-ethyl adjacent to an activating group) is 2. The lowest BCUT2D eigenvalue weighted by Crippen LogP contribution is -2.51. The van der Waals surface area contributed by atoms with E-state index in [-0.39, 0.29) is 5.91 Å². The highest BCUT2D eigenvalue weighted by molar-refractivity contribution is 5.77. The van der Waals surface area contributed by atoms with Gasteiger partial charge in [-0.3, -0.25) is 9.69 Å². The van der Waals surface area contributed by atoms with E-state index in [0.29, 0.717) is 18.5 Å². The van der Waals surface area contributed by atoms with Crippen LogP contribution < -0.4 is 10.6 Å². The third kappa shape index (κ3) is 3.80. The van der Waals surface area contributed by atoms with Crippen molar-refractivity contribution in [2.24, 2.45) is 5.92 Å². The van der Waals surface area contributed by atoms with Gasteiger partial charge in [0, 0.05) is 19.6 Å². The topological polar surface area (TPSA) is 44.4 Å². The first kappa shape index (κ1) is 12.5. The zero-order valence-corrected chi connectivity index (χ0v) is 10.0. The van der Waals surface area contributed by atoms with Crippen molar-refractivity contribution in [3.8, 4) is 0 Å². The summed E-state index contributed by atoms with van der Waals surface area (Å²) < 4.78 is 0. The molecule has 1 amide bonds. The molecule has 0 radical (unpaired) electrons. The summed E-state index contributed by atoms with van der Waals surface area (Å²) in [5.41, 5.74) is 0. The highest BCUT2D eigenvalue weighted by Crippen LogP contribution is 2.14. The molecule has 0 bridgehead atoms. The lowest BCUT2D eigenvalue weighted by atomic mass is 9.96. The first-order valence-electron chi connectivity index (χ1n) is 5.82. The summed E-state index contributed by atoms with van der Waals surface area (Å²) in [6, 6.07) is 0.510. The lowest BCUT2D eigenvalue weighted by Gasteiger charge is -2.36. The molecule has 0 aromatic heterocycles. The molecular formula is C11H23N3O. The van der Waals surface area contributed by atoms with E-state index in [4.69, 9.17) is 0 Å². The van der Waals surface area contributed by atoms with E-state index in [0.717, 1.165) is 19.6 Å². The summed E-state index contributed by atoms with van der Waals surface area (Å²) in [4.78, 5) is 13.6. The number of amides is 1. The van der Waals surface area contributed by atoms with Gasteiger partial charge in [-0.1, -0.05) is 13.8 Å². The molecule has 0 saturated carbocycles. The normalized spacial score (nSPS) is 26.7. The Morgan fingerprint density at radius 3 is 2.80 bits per heavy atom. The standard InChI is InChI=1S/C11H23N3O/c1-4-14(8-11(15)12-3)10-5-9(2)6-13-7-10/h9-10,13H,4-8H2,1-3H3,(H,12,15). The molecule has 1 fully saturated rings. The van der Waals surface area contributed by atoms with Crippen LogP contribution in [0.25, 0.3) is 0 Å². The minimum Gasteiger partial charge on any atom is -0.358 e. The van der Waals surface area contributed by atoms with Gasteiger partial charge in [0.25, 0.3) is 0 Å². The van der Waals surface area contributed by atoms with Gasteiger partial charge in [-0.25, -0.2) is 0 Å². The minimum absolute atomic E-state index is 0.107. The molecule has 1 rings (SSSR count). The predicted molar refractivity (Wildman–Crippen MR) is 61.8 cm³/mol. The summed E-state index contributed by atoms with van der Waals surface area (Å²) in [6.07, 6.45) is 1.19. The second kappa shape index (κ2) is 6.08. The molecule has 15 heavy (non-hydrogen) atoms. The highest BCUT2D eigenvalue weighted by Gasteiger charge is 2.24. The van der Waals surface area contributed by atoms with Crippen LogP contribution in [-0.2, 0) is 4.79 Å². The molecule has 4 heteroatoms. The van der Waals surface area contributed by atoms with Gasteiger partial charge >= 0.3 is 0 Å². The number of nitrogens with zero attached hydrogens (tertiary/aromatic N) is 1. The van der Waals surface area contributed by atoms with Crippen LogP contribution in [0.4, 0.5) is 0 Å². The fourth-order valence-electron chi connectivity index (χ4n) is 2.17. The van der Waals surface area contributed by atoms with Crippen molar-refractivity contribution in [3.63, 3.8) is 0 Å². The van der Waals surface area contributed by atoms with Crippen molar-refractivity contribution < 1.29 is 4.79 Å². The van der Waals surface area contributed by atoms with Crippen LogP contribution in [0.2, 0.25) is 0 Å². The molecular weight excluding hydrogens is 190 g/mol. The molecule has 88 valence electrons. The molecule has 0 aliphatic carbocycles. The molecule has 0 spiro atoms. The van der Waals surface area contributed by atoms with E-state index in [2.05, 4.69) is 29.4 Å². The summed E-state index contributed by atoms with van der Waals surface area (Å²) in [7, 11) is 1.69. The third-order valence-electron chi connectivity index (χ3n) is 3.10. The first-order valence-corrected chi connectivity index (χ1v) is 5.82. The van der Waals surface area contributed by atoms with Gasteiger partial charge in [-0.05, 0) is 25.4 Å². The number of piperidine rings is 1. The van der Waals surface area contributed by atoms with E-state index in [1.165, 1.54) is 6.42 Å². The second-order valence-corrected chi connectivity index (χ2v) is 4.39. The van der Waals surface area contributed by atoms with Crippen molar-refractivity contribution in [2.75, 3.05) is 33.2 Å². The Morgan fingerprint density at radius 2 is 2.27 bits per heavy atom. The molecule has 1 aliphatic rings. The molecule has 2 unspecified atom stereocenters. The Bertz CT molecular complexity index is 208. The van der Waals surface area contributed by atoms with Crippen LogP contribution in [0, 0.1) is 5.92 Å². The maximum atomic E-state index is 11.3. The van der Waals surface area contributed by atoms with Crippen molar-refractivity contribution in [1.29, 1.82) is 0 Å². The van der Waals surface area contributed by atoms with E-state index in [1.807, 2.05) is 0 Å². The SMILES string of the molecule is CCN(CC(=O)NC)C1CNCC(C)C1. The average Bonchev–Trinajstić information content (AvgIpc) is 2.25. The van der Waals surface area contributed by atoms with Gasteiger partial charge in [0.15, 0.2) is 0 Å².